The van der Waals surface area contributed by atoms with E-state index in [-0.39, 0.29) is 0 Å². The Morgan fingerprint density at radius 2 is 1.86 bits per heavy atom. The summed E-state index contributed by atoms with van der Waals surface area (Å²) in [5.74, 6) is 1.42. The number of nitrogens with one attached hydrogen (secondary N) is 1. The zero-order valence-electron chi connectivity index (χ0n) is 8.16. The van der Waals surface area contributed by atoms with E-state index < -0.39 is 0 Å². The van der Waals surface area contributed by atoms with Crippen LogP contribution in [0.25, 0.3) is 0 Å². The monoisotopic (exact) mass is 195 g/mol. The van der Waals surface area contributed by atoms with E-state index in [1.165, 1.54) is 0 Å². The maximum atomic E-state index is 5.71. The fourth-order valence-corrected chi connectivity index (χ4v) is 2.20. The molecular formula is C9H17N5. The van der Waals surface area contributed by atoms with Gasteiger partial charge in [0.05, 0.1) is 5.69 Å². The van der Waals surface area contributed by atoms with Gasteiger partial charge in [0, 0.05) is 5.69 Å². The van der Waals surface area contributed by atoms with E-state index in [1.807, 2.05) is 0 Å². The van der Waals surface area contributed by atoms with Gasteiger partial charge in [-0.25, -0.2) is 4.98 Å². The first-order chi connectivity index (χ1) is 6.74. The molecule has 0 amide bonds. The van der Waals surface area contributed by atoms with E-state index in [0.717, 1.165) is 24.2 Å². The first-order valence-electron chi connectivity index (χ1n) is 4.98. The lowest BCUT2D eigenvalue weighted by molar-refractivity contribution is 0.318. The van der Waals surface area contributed by atoms with Gasteiger partial charge in [0.2, 0.25) is 0 Å². The third-order valence-electron chi connectivity index (χ3n) is 3.08. The predicted molar refractivity (Wildman–Crippen MR) is 55.5 cm³/mol. The lowest BCUT2D eigenvalue weighted by Crippen LogP contribution is -2.35. The Balaban J connectivity index is 2.24. The molecule has 0 unspecified atom stereocenters. The van der Waals surface area contributed by atoms with Crippen molar-refractivity contribution in [2.24, 2.45) is 23.3 Å². The topological polar surface area (TPSA) is 107 Å². The van der Waals surface area contributed by atoms with Crippen molar-refractivity contribution in [3.8, 4) is 0 Å². The van der Waals surface area contributed by atoms with Crippen LogP contribution < -0.4 is 17.2 Å². The second-order valence-corrected chi connectivity index (χ2v) is 3.95. The van der Waals surface area contributed by atoms with E-state index in [4.69, 9.17) is 17.2 Å². The Morgan fingerprint density at radius 3 is 2.50 bits per heavy atom. The van der Waals surface area contributed by atoms with E-state index in [9.17, 15) is 0 Å². The molecule has 1 aliphatic rings. The molecule has 1 aromatic heterocycles. The summed E-state index contributed by atoms with van der Waals surface area (Å²) in [7, 11) is 0. The van der Waals surface area contributed by atoms with Crippen molar-refractivity contribution in [3.63, 3.8) is 0 Å². The second-order valence-electron chi connectivity index (χ2n) is 3.95. The fraction of sp³-hybridized carbons (Fsp3) is 0.667. The highest BCUT2D eigenvalue weighted by molar-refractivity contribution is 5.28. The highest BCUT2D eigenvalue weighted by atomic mass is 15.0. The molecule has 2 atom stereocenters. The Kier molecular flexibility index (Phi) is 2.43. The van der Waals surface area contributed by atoms with Gasteiger partial charge in [0.1, 0.15) is 0 Å². The molecule has 5 nitrogen and oxygen atoms in total. The molecule has 14 heavy (non-hydrogen) atoms. The number of aromatic nitrogens is 2. The average molecular weight is 195 g/mol. The number of nitrogen functional groups attached to an aromatic ring is 1. The molecule has 0 aliphatic heterocycles. The molecule has 0 radical (unpaired) electrons. The summed E-state index contributed by atoms with van der Waals surface area (Å²) in [6.45, 7) is 1.36. The van der Waals surface area contributed by atoms with Crippen molar-refractivity contribution in [2.75, 3.05) is 18.8 Å². The quantitative estimate of drug-likeness (QED) is 0.497. The normalized spacial score (nSPS) is 26.1. The molecule has 0 spiro atoms. The molecule has 1 heterocycles. The van der Waals surface area contributed by atoms with Crippen LogP contribution in [-0.2, 0) is 12.8 Å². The lowest BCUT2D eigenvalue weighted by Gasteiger charge is -2.28. The molecule has 0 fully saturated rings. The maximum Gasteiger partial charge on any atom is 0.197 e. The second kappa shape index (κ2) is 3.59. The number of hydrogen-bond donors (Lipinski definition) is 4. The average Bonchev–Trinajstić information content (AvgIpc) is 2.54. The molecule has 78 valence electrons. The SMILES string of the molecule is NC[C@@H]1Cc2nc(N)[nH]c2C[C@H]1CN. The lowest BCUT2D eigenvalue weighted by atomic mass is 9.80. The summed E-state index contributed by atoms with van der Waals surface area (Å²) < 4.78 is 0. The predicted octanol–water partition coefficient (Wildman–Crippen LogP) is -0.760. The minimum atomic E-state index is 0.454. The number of rotatable bonds is 2. The van der Waals surface area contributed by atoms with E-state index in [0.29, 0.717) is 30.9 Å². The van der Waals surface area contributed by atoms with Crippen molar-refractivity contribution >= 4 is 5.95 Å². The van der Waals surface area contributed by atoms with Crippen LogP contribution in [-0.4, -0.2) is 23.1 Å². The summed E-state index contributed by atoms with van der Waals surface area (Å²) in [5.41, 5.74) is 19.2. The summed E-state index contributed by atoms with van der Waals surface area (Å²) >= 11 is 0. The Hall–Kier alpha value is -1.07. The van der Waals surface area contributed by atoms with Crippen molar-refractivity contribution in [1.82, 2.24) is 9.97 Å². The minimum Gasteiger partial charge on any atom is -0.369 e. The van der Waals surface area contributed by atoms with Crippen molar-refractivity contribution < 1.29 is 0 Å². The van der Waals surface area contributed by atoms with Crippen LogP contribution in [0.2, 0.25) is 0 Å². The van der Waals surface area contributed by atoms with Gasteiger partial charge in [-0.2, -0.15) is 0 Å². The van der Waals surface area contributed by atoms with Gasteiger partial charge in [-0.3, -0.25) is 0 Å². The highest BCUT2D eigenvalue weighted by Gasteiger charge is 2.28. The number of nitrogens with two attached hydrogens (primary N) is 3. The van der Waals surface area contributed by atoms with Crippen LogP contribution in [0.5, 0.6) is 0 Å². The summed E-state index contributed by atoms with van der Waals surface area (Å²) in [5, 5.41) is 0. The number of aromatic amines is 1. The van der Waals surface area contributed by atoms with Crippen LogP contribution in [0.15, 0.2) is 0 Å². The Morgan fingerprint density at radius 1 is 1.21 bits per heavy atom. The number of imidazole rings is 1. The van der Waals surface area contributed by atoms with Gasteiger partial charge in [-0.1, -0.05) is 0 Å². The van der Waals surface area contributed by atoms with Gasteiger partial charge < -0.3 is 22.2 Å². The fourth-order valence-electron chi connectivity index (χ4n) is 2.20. The molecule has 5 heteroatoms. The summed E-state index contributed by atoms with van der Waals surface area (Å²) in [6.07, 6.45) is 1.83. The molecule has 1 aromatic rings. The van der Waals surface area contributed by atoms with Gasteiger partial charge in [-0.15, -0.1) is 0 Å². The molecule has 7 N–H and O–H groups in total. The number of H-pyrrole nitrogens is 1. The first-order valence-corrected chi connectivity index (χ1v) is 4.98. The van der Waals surface area contributed by atoms with Crippen LogP contribution in [0.1, 0.15) is 11.4 Å². The van der Waals surface area contributed by atoms with Crippen LogP contribution in [0.4, 0.5) is 5.95 Å². The van der Waals surface area contributed by atoms with E-state index in [2.05, 4.69) is 9.97 Å². The number of nitrogens with zero attached hydrogens (tertiary/aromatic N) is 1. The molecule has 0 bridgehead atoms. The van der Waals surface area contributed by atoms with Gasteiger partial charge >= 0.3 is 0 Å². The number of fused-ring (bicyclic) bond motifs is 1. The van der Waals surface area contributed by atoms with Gasteiger partial charge in [0.25, 0.3) is 0 Å². The molecule has 0 aromatic carbocycles. The van der Waals surface area contributed by atoms with Gasteiger partial charge in [-0.05, 0) is 37.8 Å². The highest BCUT2D eigenvalue weighted by Crippen LogP contribution is 2.28. The minimum absolute atomic E-state index is 0.454. The standard InChI is InChI=1S/C9H17N5/c10-3-5-1-7-8(2-6(5)4-11)14-9(12)13-7/h5-6H,1-4,10-11H2,(H3,12,13,14)/t5-,6-/m0/s1. The molecular weight excluding hydrogens is 178 g/mol. The summed E-state index contributed by atoms with van der Waals surface area (Å²) in [4.78, 5) is 7.32. The Labute approximate surface area is 83.1 Å². The third kappa shape index (κ3) is 1.49. The zero-order valence-corrected chi connectivity index (χ0v) is 8.16. The largest absolute Gasteiger partial charge is 0.369 e. The molecule has 0 saturated heterocycles. The maximum absolute atomic E-state index is 5.71. The smallest absolute Gasteiger partial charge is 0.197 e. The first kappa shape index (κ1) is 9.48. The van der Waals surface area contributed by atoms with E-state index >= 15 is 0 Å². The number of hydrogen-bond acceptors (Lipinski definition) is 4. The third-order valence-corrected chi connectivity index (χ3v) is 3.08. The van der Waals surface area contributed by atoms with Crippen LogP contribution in [0.3, 0.4) is 0 Å². The molecule has 1 aliphatic carbocycles. The van der Waals surface area contributed by atoms with Gasteiger partial charge in [0.15, 0.2) is 5.95 Å². The van der Waals surface area contributed by atoms with Crippen LogP contribution >= 0.6 is 0 Å². The Bertz CT molecular complexity index is 290. The van der Waals surface area contributed by atoms with Crippen LogP contribution in [0, 0.1) is 11.8 Å². The zero-order chi connectivity index (χ0) is 10.1. The number of anilines is 1. The molecule has 2 rings (SSSR count). The summed E-state index contributed by atoms with van der Waals surface area (Å²) in [6, 6.07) is 0. The van der Waals surface area contributed by atoms with E-state index in [1.54, 1.807) is 0 Å². The van der Waals surface area contributed by atoms with Crippen molar-refractivity contribution in [1.29, 1.82) is 0 Å². The molecule has 0 saturated carbocycles. The van der Waals surface area contributed by atoms with Crippen molar-refractivity contribution in [2.45, 2.75) is 12.8 Å². The van der Waals surface area contributed by atoms with Crippen molar-refractivity contribution in [3.05, 3.63) is 11.4 Å².